The fraction of sp³-hybridized carbons (Fsp3) is 0.0526. The largest absolute Gasteiger partial charge is 0.275 e. The molecular weight excluding hydrogens is 340 g/mol. The monoisotopic (exact) mass is 356 g/mol. The predicted molar refractivity (Wildman–Crippen MR) is 99.1 cm³/mol. The summed E-state index contributed by atoms with van der Waals surface area (Å²) in [5.41, 5.74) is 4.51. The van der Waals surface area contributed by atoms with Crippen LogP contribution in [0.2, 0.25) is 0 Å². The Labute approximate surface area is 146 Å². The zero-order valence-corrected chi connectivity index (χ0v) is 14.7. The number of rotatable bonds is 5. The lowest BCUT2D eigenvalue weighted by Gasteiger charge is -2.10. The Balaban J connectivity index is 1.90. The van der Waals surface area contributed by atoms with Crippen LogP contribution in [-0.2, 0) is 13.7 Å². The molecule has 0 aromatic heterocycles. The van der Waals surface area contributed by atoms with Crippen molar-refractivity contribution >= 4 is 22.2 Å². The minimum absolute atomic E-state index is 0.737. The standard InChI is InChI=1S/C19H16O3S2/c1-24(20,21)22-23-17-13-11-16(12-14-17)19-10-6-5-9-18(19)15-7-3-2-4-8-15/h2-14H,1H3. The summed E-state index contributed by atoms with van der Waals surface area (Å²) in [5.74, 6) is 0. The van der Waals surface area contributed by atoms with Gasteiger partial charge in [0.05, 0.1) is 6.26 Å². The molecule has 0 atom stereocenters. The smallest absolute Gasteiger partial charge is 0.199 e. The van der Waals surface area contributed by atoms with Crippen molar-refractivity contribution in [2.75, 3.05) is 6.26 Å². The Hall–Kier alpha value is -2.08. The minimum atomic E-state index is -3.46. The maximum Gasteiger partial charge on any atom is 0.275 e. The minimum Gasteiger partial charge on any atom is -0.199 e. The van der Waals surface area contributed by atoms with Gasteiger partial charge in [0, 0.05) is 16.9 Å². The molecular formula is C19H16O3S2. The number of benzene rings is 3. The molecule has 0 spiro atoms. The fourth-order valence-corrected chi connectivity index (χ4v) is 3.45. The summed E-state index contributed by atoms with van der Waals surface area (Å²) in [4.78, 5) is 0.737. The van der Waals surface area contributed by atoms with Gasteiger partial charge in [0.15, 0.2) is 0 Å². The van der Waals surface area contributed by atoms with Gasteiger partial charge in [-0.2, -0.15) is 12.0 Å². The summed E-state index contributed by atoms with van der Waals surface area (Å²) in [6.07, 6.45) is 1.03. The molecule has 0 unspecified atom stereocenters. The van der Waals surface area contributed by atoms with Crippen LogP contribution in [0.15, 0.2) is 83.8 Å². The first-order valence-electron chi connectivity index (χ1n) is 7.34. The molecule has 0 saturated heterocycles. The Morgan fingerprint density at radius 2 is 1.21 bits per heavy atom. The molecule has 0 N–H and O–H groups in total. The molecule has 3 nitrogen and oxygen atoms in total. The second-order valence-corrected chi connectivity index (χ2v) is 7.88. The first-order valence-corrected chi connectivity index (χ1v) is 9.90. The van der Waals surface area contributed by atoms with Crippen molar-refractivity contribution in [2.45, 2.75) is 4.90 Å². The maximum atomic E-state index is 11.1. The third kappa shape index (κ3) is 4.26. The summed E-state index contributed by atoms with van der Waals surface area (Å²) in [5, 5.41) is 0. The zero-order chi connectivity index (χ0) is 17.0. The lowest BCUT2D eigenvalue weighted by Crippen LogP contribution is -1.95. The van der Waals surface area contributed by atoms with E-state index in [1.54, 1.807) is 0 Å². The lowest BCUT2D eigenvalue weighted by molar-refractivity contribution is 0.525. The van der Waals surface area contributed by atoms with Crippen molar-refractivity contribution in [3.05, 3.63) is 78.9 Å². The van der Waals surface area contributed by atoms with Gasteiger partial charge >= 0.3 is 0 Å². The van der Waals surface area contributed by atoms with Crippen LogP contribution in [0.1, 0.15) is 0 Å². The molecule has 0 fully saturated rings. The topological polar surface area (TPSA) is 43.4 Å². The van der Waals surface area contributed by atoms with Crippen LogP contribution in [-0.4, -0.2) is 14.7 Å². The van der Waals surface area contributed by atoms with Gasteiger partial charge in [0.25, 0.3) is 10.1 Å². The highest BCUT2D eigenvalue weighted by Crippen LogP contribution is 2.33. The van der Waals surface area contributed by atoms with E-state index >= 15 is 0 Å². The third-order valence-electron chi connectivity index (χ3n) is 3.43. The van der Waals surface area contributed by atoms with Crippen LogP contribution in [0, 0.1) is 0 Å². The van der Waals surface area contributed by atoms with E-state index in [-0.39, 0.29) is 0 Å². The van der Waals surface area contributed by atoms with Gasteiger partial charge < -0.3 is 0 Å². The van der Waals surface area contributed by atoms with Crippen molar-refractivity contribution in [2.24, 2.45) is 0 Å². The predicted octanol–water partition coefficient (Wildman–Crippen LogP) is 5.00. The van der Waals surface area contributed by atoms with E-state index in [9.17, 15) is 8.42 Å². The highest BCUT2D eigenvalue weighted by atomic mass is 32.3. The molecule has 0 amide bonds. The Kier molecular flexibility index (Phi) is 5.04. The average molecular weight is 356 g/mol. The van der Waals surface area contributed by atoms with Crippen molar-refractivity contribution in [1.82, 2.24) is 0 Å². The molecule has 0 radical (unpaired) electrons. The number of hydrogen-bond acceptors (Lipinski definition) is 4. The van der Waals surface area contributed by atoms with Crippen molar-refractivity contribution in [3.8, 4) is 22.3 Å². The maximum absolute atomic E-state index is 11.1. The van der Waals surface area contributed by atoms with E-state index in [2.05, 4.69) is 24.3 Å². The summed E-state index contributed by atoms with van der Waals surface area (Å²) in [7, 11) is -3.46. The SMILES string of the molecule is CS(=O)(=O)OSc1ccc(-c2ccccc2-c2ccccc2)cc1. The Bertz CT molecular complexity index is 918. The molecule has 0 bridgehead atoms. The van der Waals surface area contributed by atoms with Crippen LogP contribution in [0.5, 0.6) is 0 Å². The summed E-state index contributed by atoms with van der Waals surface area (Å²) in [6, 6.07) is 26.1. The van der Waals surface area contributed by atoms with Gasteiger partial charge in [-0.25, -0.2) is 0 Å². The molecule has 0 heterocycles. The summed E-state index contributed by atoms with van der Waals surface area (Å²) in [6.45, 7) is 0. The van der Waals surface area contributed by atoms with Crippen molar-refractivity contribution in [3.63, 3.8) is 0 Å². The molecule has 5 heteroatoms. The second kappa shape index (κ2) is 7.21. The van der Waals surface area contributed by atoms with E-state index in [0.29, 0.717) is 0 Å². The molecule has 3 aromatic rings. The zero-order valence-electron chi connectivity index (χ0n) is 13.0. The van der Waals surface area contributed by atoms with Gasteiger partial charge in [-0.05, 0) is 34.4 Å². The van der Waals surface area contributed by atoms with Crippen LogP contribution in [0.25, 0.3) is 22.3 Å². The molecule has 0 aliphatic rings. The number of hydrogen-bond donors (Lipinski definition) is 0. The van der Waals surface area contributed by atoms with Crippen LogP contribution in [0.4, 0.5) is 0 Å². The van der Waals surface area contributed by atoms with Gasteiger partial charge in [-0.3, -0.25) is 0 Å². The molecule has 122 valence electrons. The van der Waals surface area contributed by atoms with E-state index in [4.69, 9.17) is 3.63 Å². The molecule has 24 heavy (non-hydrogen) atoms. The van der Waals surface area contributed by atoms with E-state index < -0.39 is 10.1 Å². The van der Waals surface area contributed by atoms with E-state index in [1.807, 2.05) is 54.6 Å². The van der Waals surface area contributed by atoms with Gasteiger partial charge in [-0.1, -0.05) is 66.7 Å². The van der Waals surface area contributed by atoms with Gasteiger partial charge in [-0.15, -0.1) is 0 Å². The Morgan fingerprint density at radius 1 is 0.708 bits per heavy atom. The lowest BCUT2D eigenvalue weighted by atomic mass is 9.95. The molecule has 0 saturated carbocycles. The third-order valence-corrected chi connectivity index (χ3v) is 5.16. The highest BCUT2D eigenvalue weighted by molar-refractivity contribution is 8.04. The highest BCUT2D eigenvalue weighted by Gasteiger charge is 2.08. The van der Waals surface area contributed by atoms with E-state index in [0.717, 1.165) is 45.4 Å². The molecule has 0 aliphatic carbocycles. The second-order valence-electron chi connectivity index (χ2n) is 5.29. The fourth-order valence-electron chi connectivity index (χ4n) is 2.40. The quantitative estimate of drug-likeness (QED) is 0.603. The van der Waals surface area contributed by atoms with Gasteiger partial charge in [0.2, 0.25) is 0 Å². The molecule has 3 rings (SSSR count). The average Bonchev–Trinajstić information content (AvgIpc) is 2.61. The summed E-state index contributed by atoms with van der Waals surface area (Å²) < 4.78 is 26.8. The summed E-state index contributed by atoms with van der Waals surface area (Å²) >= 11 is 0.844. The van der Waals surface area contributed by atoms with Crippen LogP contribution >= 0.6 is 12.0 Å². The van der Waals surface area contributed by atoms with Crippen molar-refractivity contribution < 1.29 is 12.0 Å². The Morgan fingerprint density at radius 3 is 1.75 bits per heavy atom. The molecule has 3 aromatic carbocycles. The van der Waals surface area contributed by atoms with E-state index in [1.165, 1.54) is 0 Å². The van der Waals surface area contributed by atoms with Crippen molar-refractivity contribution in [1.29, 1.82) is 0 Å². The first-order chi connectivity index (χ1) is 11.5. The van der Waals surface area contributed by atoms with Crippen LogP contribution in [0.3, 0.4) is 0 Å². The van der Waals surface area contributed by atoms with Gasteiger partial charge in [0.1, 0.15) is 0 Å². The molecule has 0 aliphatic heterocycles. The van der Waals surface area contributed by atoms with Crippen LogP contribution < -0.4 is 0 Å². The normalized spacial score (nSPS) is 11.4. The first kappa shape index (κ1) is 16.8.